The number of nitrogens with zero attached hydrogens (tertiary/aromatic N) is 3. The predicted molar refractivity (Wildman–Crippen MR) is 78.0 cm³/mol. The van der Waals surface area contributed by atoms with Crippen molar-refractivity contribution in [1.29, 1.82) is 0 Å². The molecule has 0 radical (unpaired) electrons. The lowest BCUT2D eigenvalue weighted by Crippen LogP contribution is -2.36. The van der Waals surface area contributed by atoms with Gasteiger partial charge in [-0.15, -0.1) is 5.10 Å². The fraction of sp³-hybridized carbons (Fsp3) is 0.308. The molecule has 1 aliphatic heterocycles. The van der Waals surface area contributed by atoms with E-state index in [1.165, 1.54) is 0 Å². The average molecular weight is 291 g/mol. The molecule has 0 amide bonds. The minimum atomic E-state index is -0.250. The van der Waals surface area contributed by atoms with Crippen LogP contribution in [0.25, 0.3) is 11.4 Å². The summed E-state index contributed by atoms with van der Waals surface area (Å²) in [5.41, 5.74) is 7.42. The van der Waals surface area contributed by atoms with E-state index in [2.05, 4.69) is 20.1 Å². The third kappa shape index (κ3) is 3.93. The Hall–Kier alpha value is -2.61. The summed E-state index contributed by atoms with van der Waals surface area (Å²) in [4.78, 5) is 15.0. The molecule has 1 saturated heterocycles. The quantitative estimate of drug-likeness (QED) is 0.547. The van der Waals surface area contributed by atoms with Gasteiger partial charge in [-0.05, 0) is 12.1 Å². The van der Waals surface area contributed by atoms with Crippen molar-refractivity contribution in [2.45, 2.75) is 0 Å². The van der Waals surface area contributed by atoms with Gasteiger partial charge < -0.3 is 20.5 Å². The topological polar surface area (TPSA) is 117 Å². The third-order valence-corrected chi connectivity index (χ3v) is 2.93. The van der Waals surface area contributed by atoms with Crippen LogP contribution in [0.15, 0.2) is 24.3 Å². The number of benzene rings is 1. The van der Waals surface area contributed by atoms with Gasteiger partial charge in [0.15, 0.2) is 5.82 Å². The highest BCUT2D eigenvalue weighted by molar-refractivity contribution is 5.61. The number of hydrogen-bond acceptors (Lipinski definition) is 6. The Morgan fingerprint density at radius 1 is 1.38 bits per heavy atom. The lowest BCUT2D eigenvalue weighted by atomic mass is 10.2. The molecule has 4 N–H and O–H groups in total. The first-order chi connectivity index (χ1) is 10.2. The second-order valence-electron chi connectivity index (χ2n) is 4.31. The zero-order valence-electron chi connectivity index (χ0n) is 11.4. The normalized spacial score (nSPS) is 14.2. The zero-order chi connectivity index (χ0) is 15.1. The molecule has 1 aromatic heterocycles. The lowest BCUT2D eigenvalue weighted by Gasteiger charge is -2.25. The van der Waals surface area contributed by atoms with Crippen LogP contribution in [0, 0.1) is 0 Å². The fourth-order valence-corrected chi connectivity index (χ4v) is 1.97. The van der Waals surface area contributed by atoms with Crippen LogP contribution >= 0.6 is 0 Å². The maximum atomic E-state index is 8.36. The number of ether oxygens (including phenoxy) is 1. The van der Waals surface area contributed by atoms with E-state index in [0.29, 0.717) is 0 Å². The molecule has 0 unspecified atom stereocenters. The van der Waals surface area contributed by atoms with Gasteiger partial charge in [-0.1, -0.05) is 12.1 Å². The molecule has 8 heteroatoms. The molecular formula is C13H17N5O3. The number of aromatic nitrogens is 3. The predicted octanol–water partition coefficient (Wildman–Crippen LogP) is 0.591. The van der Waals surface area contributed by atoms with Crippen molar-refractivity contribution in [2.24, 2.45) is 0 Å². The highest BCUT2D eigenvalue weighted by Gasteiger charge is 2.16. The molecule has 112 valence electrons. The SMILES string of the molecule is Nc1cccc(-c2nc(N3CCOCC3)n[nH]2)c1.O=CO. The van der Waals surface area contributed by atoms with Crippen LogP contribution in [0.4, 0.5) is 11.6 Å². The Labute approximate surface area is 121 Å². The van der Waals surface area contributed by atoms with Crippen LogP contribution in [0.1, 0.15) is 0 Å². The van der Waals surface area contributed by atoms with E-state index in [1.807, 2.05) is 24.3 Å². The summed E-state index contributed by atoms with van der Waals surface area (Å²) < 4.78 is 5.30. The van der Waals surface area contributed by atoms with Gasteiger partial charge in [-0.25, -0.2) is 0 Å². The van der Waals surface area contributed by atoms with Gasteiger partial charge in [0.05, 0.1) is 13.2 Å². The van der Waals surface area contributed by atoms with E-state index >= 15 is 0 Å². The van der Waals surface area contributed by atoms with E-state index in [-0.39, 0.29) is 6.47 Å². The van der Waals surface area contributed by atoms with Crippen LogP contribution < -0.4 is 10.6 Å². The van der Waals surface area contributed by atoms with E-state index in [9.17, 15) is 0 Å². The van der Waals surface area contributed by atoms with Gasteiger partial charge in [-0.2, -0.15) is 4.98 Å². The van der Waals surface area contributed by atoms with Gasteiger partial charge in [0.1, 0.15) is 0 Å². The van der Waals surface area contributed by atoms with Crippen LogP contribution in [0.3, 0.4) is 0 Å². The van der Waals surface area contributed by atoms with Gasteiger partial charge in [-0.3, -0.25) is 9.89 Å². The van der Waals surface area contributed by atoms with Crippen LogP contribution in [0.5, 0.6) is 0 Å². The molecule has 1 aromatic carbocycles. The number of H-pyrrole nitrogens is 1. The summed E-state index contributed by atoms with van der Waals surface area (Å²) >= 11 is 0. The van der Waals surface area contributed by atoms with E-state index in [4.69, 9.17) is 20.4 Å². The number of nitrogens with one attached hydrogen (secondary N) is 1. The standard InChI is InChI=1S/C12H15N5O.CH2O2/c13-10-3-1-2-9(8-10)11-14-12(16-15-11)17-4-6-18-7-5-17;2-1-3/h1-3,8H,4-7,13H2,(H,14,15,16);1H,(H,2,3). The number of rotatable bonds is 2. The highest BCUT2D eigenvalue weighted by Crippen LogP contribution is 2.20. The van der Waals surface area contributed by atoms with E-state index in [0.717, 1.165) is 49.3 Å². The number of carboxylic acid groups (broad SMARTS) is 1. The van der Waals surface area contributed by atoms with Gasteiger partial charge in [0.2, 0.25) is 5.95 Å². The molecule has 21 heavy (non-hydrogen) atoms. The molecule has 1 fully saturated rings. The molecule has 0 saturated carbocycles. The second kappa shape index (κ2) is 7.25. The molecular weight excluding hydrogens is 274 g/mol. The van der Waals surface area contributed by atoms with Crippen molar-refractivity contribution < 1.29 is 14.6 Å². The number of aromatic amines is 1. The zero-order valence-corrected chi connectivity index (χ0v) is 11.4. The van der Waals surface area contributed by atoms with E-state index in [1.54, 1.807) is 0 Å². The van der Waals surface area contributed by atoms with Crippen molar-refractivity contribution >= 4 is 18.1 Å². The molecule has 1 aliphatic rings. The molecule has 0 aliphatic carbocycles. The lowest BCUT2D eigenvalue weighted by molar-refractivity contribution is -0.122. The molecule has 2 aromatic rings. The second-order valence-corrected chi connectivity index (χ2v) is 4.31. The Morgan fingerprint density at radius 2 is 2.10 bits per heavy atom. The van der Waals surface area contributed by atoms with Crippen molar-refractivity contribution in [2.75, 3.05) is 36.9 Å². The maximum absolute atomic E-state index is 8.36. The smallest absolute Gasteiger partial charge is 0.290 e. The summed E-state index contributed by atoms with van der Waals surface area (Å²) in [6.07, 6.45) is 0. The number of carbonyl (C=O) groups is 1. The molecule has 0 bridgehead atoms. The van der Waals surface area contributed by atoms with Crippen LogP contribution in [0.2, 0.25) is 0 Å². The maximum Gasteiger partial charge on any atom is 0.290 e. The Balaban J connectivity index is 0.000000497. The first-order valence-electron chi connectivity index (χ1n) is 6.43. The number of nitrogens with two attached hydrogens (primary N) is 1. The van der Waals surface area contributed by atoms with E-state index < -0.39 is 0 Å². The molecule has 0 spiro atoms. The van der Waals surface area contributed by atoms with Gasteiger partial charge >= 0.3 is 0 Å². The average Bonchev–Trinajstić information content (AvgIpc) is 2.99. The largest absolute Gasteiger partial charge is 0.483 e. The van der Waals surface area contributed by atoms with Gasteiger partial charge in [0.25, 0.3) is 6.47 Å². The van der Waals surface area contributed by atoms with Crippen molar-refractivity contribution in [3.8, 4) is 11.4 Å². The Morgan fingerprint density at radius 3 is 2.76 bits per heavy atom. The minimum Gasteiger partial charge on any atom is -0.483 e. The van der Waals surface area contributed by atoms with Crippen molar-refractivity contribution in [1.82, 2.24) is 15.2 Å². The van der Waals surface area contributed by atoms with Crippen LogP contribution in [-0.4, -0.2) is 53.1 Å². The van der Waals surface area contributed by atoms with Crippen LogP contribution in [-0.2, 0) is 9.53 Å². The first kappa shape index (κ1) is 14.8. The molecule has 3 rings (SSSR count). The number of morpholine rings is 1. The molecule has 0 atom stereocenters. The summed E-state index contributed by atoms with van der Waals surface area (Å²) in [5, 5.41) is 14.1. The minimum absolute atomic E-state index is 0.250. The monoisotopic (exact) mass is 291 g/mol. The summed E-state index contributed by atoms with van der Waals surface area (Å²) in [5.74, 6) is 1.46. The Bertz CT molecular complexity index is 581. The Kier molecular flexibility index (Phi) is 5.10. The summed E-state index contributed by atoms with van der Waals surface area (Å²) in [6, 6.07) is 7.59. The molecule has 8 nitrogen and oxygen atoms in total. The van der Waals surface area contributed by atoms with Crippen molar-refractivity contribution in [3.63, 3.8) is 0 Å². The fourth-order valence-electron chi connectivity index (χ4n) is 1.97. The van der Waals surface area contributed by atoms with Crippen molar-refractivity contribution in [3.05, 3.63) is 24.3 Å². The molecule has 2 heterocycles. The highest BCUT2D eigenvalue weighted by atomic mass is 16.5. The summed E-state index contributed by atoms with van der Waals surface area (Å²) in [6.45, 7) is 2.85. The third-order valence-electron chi connectivity index (χ3n) is 2.93. The number of anilines is 2. The van der Waals surface area contributed by atoms with Gasteiger partial charge in [0, 0.05) is 24.3 Å². The first-order valence-corrected chi connectivity index (χ1v) is 6.43. The summed E-state index contributed by atoms with van der Waals surface area (Å²) in [7, 11) is 0. The number of nitrogen functional groups attached to an aromatic ring is 1. The number of hydrogen-bond donors (Lipinski definition) is 3.